The van der Waals surface area contributed by atoms with Gasteiger partial charge in [-0.15, -0.1) is 0 Å². The predicted octanol–water partition coefficient (Wildman–Crippen LogP) is 4.74. The molecular weight excluding hydrogens is 371 g/mol. The molecule has 29 heavy (non-hydrogen) atoms. The summed E-state index contributed by atoms with van der Waals surface area (Å²) in [6.07, 6.45) is 1.59. The second-order valence-corrected chi connectivity index (χ2v) is 6.22. The molecule has 0 unspecified atom stereocenters. The third-order valence-electron chi connectivity index (χ3n) is 4.12. The molecule has 0 saturated carbocycles. The van der Waals surface area contributed by atoms with Crippen molar-refractivity contribution < 1.29 is 13.6 Å². The van der Waals surface area contributed by atoms with Crippen molar-refractivity contribution in [2.75, 3.05) is 10.6 Å². The third-order valence-corrected chi connectivity index (χ3v) is 4.12. The first-order valence-corrected chi connectivity index (χ1v) is 8.95. The van der Waals surface area contributed by atoms with Gasteiger partial charge in [0.2, 0.25) is 0 Å². The molecule has 4 rings (SSSR count). The van der Waals surface area contributed by atoms with E-state index >= 15 is 0 Å². The van der Waals surface area contributed by atoms with Crippen molar-refractivity contribution in [2.45, 2.75) is 6.54 Å². The molecule has 2 aromatic carbocycles. The van der Waals surface area contributed by atoms with Crippen LogP contribution in [0.25, 0.3) is 11.4 Å². The Hall–Kier alpha value is -4.00. The minimum absolute atomic E-state index is 0.185. The number of hydrogen-bond acceptors (Lipinski definition) is 5. The fourth-order valence-corrected chi connectivity index (χ4v) is 2.69. The highest BCUT2D eigenvalue weighted by Crippen LogP contribution is 2.19. The fraction of sp³-hybridized carbons (Fsp3) is 0.0455. The number of hydrogen-bond donors (Lipinski definition) is 2. The number of nitrogens with zero attached hydrogens (tertiary/aromatic N) is 2. The number of carbonyl (C=O) groups excluding carboxylic acids is 1. The van der Waals surface area contributed by atoms with E-state index in [9.17, 15) is 9.18 Å². The Balaban J connectivity index is 1.63. The Morgan fingerprint density at radius 1 is 0.966 bits per heavy atom. The first kappa shape index (κ1) is 18.4. The van der Waals surface area contributed by atoms with E-state index < -0.39 is 5.91 Å². The Labute approximate surface area is 166 Å². The maximum absolute atomic E-state index is 13.1. The van der Waals surface area contributed by atoms with Crippen molar-refractivity contribution in [3.63, 3.8) is 0 Å². The maximum atomic E-state index is 13.1. The van der Waals surface area contributed by atoms with Crippen molar-refractivity contribution in [2.24, 2.45) is 0 Å². The van der Waals surface area contributed by atoms with E-state index in [4.69, 9.17) is 4.42 Å². The van der Waals surface area contributed by atoms with E-state index in [0.717, 1.165) is 11.3 Å². The molecule has 6 nitrogen and oxygen atoms in total. The lowest BCUT2D eigenvalue weighted by Crippen LogP contribution is -2.15. The summed E-state index contributed by atoms with van der Waals surface area (Å²) in [6.45, 7) is 0.414. The van der Waals surface area contributed by atoms with Crippen LogP contribution in [0.3, 0.4) is 0 Å². The van der Waals surface area contributed by atoms with Gasteiger partial charge in [0.25, 0.3) is 5.91 Å². The topological polar surface area (TPSA) is 80.0 Å². The first-order chi connectivity index (χ1) is 14.2. The van der Waals surface area contributed by atoms with E-state index in [-0.39, 0.29) is 11.5 Å². The van der Waals surface area contributed by atoms with Crippen LogP contribution in [-0.4, -0.2) is 15.9 Å². The number of benzene rings is 2. The summed E-state index contributed by atoms with van der Waals surface area (Å²) in [5, 5.41) is 5.87. The molecule has 2 aromatic heterocycles. The molecule has 7 heteroatoms. The number of aromatic nitrogens is 2. The maximum Gasteiger partial charge on any atom is 0.274 e. The summed E-state index contributed by atoms with van der Waals surface area (Å²) in [5.41, 5.74) is 1.44. The number of amides is 1. The number of halogens is 1. The van der Waals surface area contributed by atoms with E-state index in [0.29, 0.717) is 23.9 Å². The molecule has 0 spiro atoms. The summed E-state index contributed by atoms with van der Waals surface area (Å²) in [5.74, 6) is 0.846. The molecule has 0 bridgehead atoms. The Morgan fingerprint density at radius 3 is 2.48 bits per heavy atom. The van der Waals surface area contributed by atoms with Crippen molar-refractivity contribution in [3.8, 4) is 11.4 Å². The van der Waals surface area contributed by atoms with Crippen LogP contribution in [0.15, 0.2) is 83.5 Å². The van der Waals surface area contributed by atoms with Crippen molar-refractivity contribution >= 4 is 17.4 Å². The van der Waals surface area contributed by atoms with Gasteiger partial charge < -0.3 is 15.1 Å². The zero-order valence-electron chi connectivity index (χ0n) is 15.3. The highest BCUT2D eigenvalue weighted by atomic mass is 19.1. The number of rotatable bonds is 6. The van der Waals surface area contributed by atoms with Crippen LogP contribution in [0.1, 0.15) is 16.2 Å². The largest absolute Gasteiger partial charge is 0.467 e. The van der Waals surface area contributed by atoms with Crippen LogP contribution in [0.4, 0.5) is 15.9 Å². The van der Waals surface area contributed by atoms with Crippen LogP contribution >= 0.6 is 0 Å². The van der Waals surface area contributed by atoms with Crippen LogP contribution in [0.5, 0.6) is 0 Å². The number of carbonyl (C=O) groups is 1. The predicted molar refractivity (Wildman–Crippen MR) is 108 cm³/mol. The fourth-order valence-electron chi connectivity index (χ4n) is 2.69. The van der Waals surface area contributed by atoms with Gasteiger partial charge in [0.05, 0.1) is 12.8 Å². The molecule has 0 aliphatic carbocycles. The summed E-state index contributed by atoms with van der Waals surface area (Å²) in [7, 11) is 0. The smallest absolute Gasteiger partial charge is 0.274 e. The molecule has 4 aromatic rings. The van der Waals surface area contributed by atoms with Gasteiger partial charge in [-0.2, -0.15) is 0 Å². The number of nitrogens with one attached hydrogen (secondary N) is 2. The lowest BCUT2D eigenvalue weighted by molar-refractivity contribution is 0.102. The van der Waals surface area contributed by atoms with E-state index in [2.05, 4.69) is 20.6 Å². The normalized spacial score (nSPS) is 10.5. The summed E-state index contributed by atoms with van der Waals surface area (Å²) >= 11 is 0. The van der Waals surface area contributed by atoms with Gasteiger partial charge >= 0.3 is 0 Å². The zero-order valence-corrected chi connectivity index (χ0v) is 15.3. The minimum atomic E-state index is -0.419. The highest BCUT2D eigenvalue weighted by Gasteiger charge is 2.14. The molecular formula is C22H17FN4O2. The standard InChI is InChI=1S/C22H17FN4O2/c23-16-8-10-17(11-9-16)25-22(28)19-13-20(24-14-18-7-4-12-29-18)27-21(26-19)15-5-2-1-3-6-15/h1-13H,14H2,(H,25,28)(H,24,26,27). The third kappa shape index (κ3) is 4.65. The van der Waals surface area contributed by atoms with Gasteiger partial charge in [-0.1, -0.05) is 30.3 Å². The van der Waals surface area contributed by atoms with E-state index in [1.165, 1.54) is 24.3 Å². The Morgan fingerprint density at radius 2 is 1.76 bits per heavy atom. The van der Waals surface area contributed by atoms with Gasteiger partial charge in [0.1, 0.15) is 23.1 Å². The number of anilines is 2. The minimum Gasteiger partial charge on any atom is -0.467 e. The molecule has 0 fully saturated rings. The molecule has 0 atom stereocenters. The van der Waals surface area contributed by atoms with Crippen molar-refractivity contribution in [3.05, 3.63) is 96.3 Å². The monoisotopic (exact) mass is 388 g/mol. The Kier molecular flexibility index (Phi) is 5.29. The second-order valence-electron chi connectivity index (χ2n) is 6.22. The molecule has 144 valence electrons. The quantitative estimate of drug-likeness (QED) is 0.499. The molecule has 0 aliphatic rings. The van der Waals surface area contributed by atoms with E-state index in [1.54, 1.807) is 18.4 Å². The van der Waals surface area contributed by atoms with Crippen LogP contribution in [0.2, 0.25) is 0 Å². The van der Waals surface area contributed by atoms with Crippen LogP contribution in [-0.2, 0) is 6.54 Å². The SMILES string of the molecule is O=C(Nc1ccc(F)cc1)c1cc(NCc2ccco2)nc(-c2ccccc2)n1. The molecule has 2 heterocycles. The van der Waals surface area contributed by atoms with Gasteiger partial charge in [0.15, 0.2) is 5.82 Å². The first-order valence-electron chi connectivity index (χ1n) is 8.95. The lowest BCUT2D eigenvalue weighted by Gasteiger charge is -2.10. The molecule has 0 aliphatic heterocycles. The highest BCUT2D eigenvalue weighted by molar-refractivity contribution is 6.03. The van der Waals surface area contributed by atoms with E-state index in [1.807, 2.05) is 36.4 Å². The summed E-state index contributed by atoms with van der Waals surface area (Å²) < 4.78 is 18.4. The summed E-state index contributed by atoms with van der Waals surface area (Å²) in [4.78, 5) is 21.6. The van der Waals surface area contributed by atoms with Gasteiger partial charge in [-0.3, -0.25) is 4.79 Å². The second kappa shape index (κ2) is 8.35. The van der Waals surface area contributed by atoms with Gasteiger partial charge in [-0.25, -0.2) is 14.4 Å². The molecule has 1 amide bonds. The molecule has 0 radical (unpaired) electrons. The van der Waals surface area contributed by atoms with Gasteiger partial charge in [0, 0.05) is 17.3 Å². The molecule has 2 N–H and O–H groups in total. The van der Waals surface area contributed by atoms with Gasteiger partial charge in [-0.05, 0) is 36.4 Å². The van der Waals surface area contributed by atoms with Crippen LogP contribution < -0.4 is 10.6 Å². The van der Waals surface area contributed by atoms with Crippen molar-refractivity contribution in [1.29, 1.82) is 0 Å². The van der Waals surface area contributed by atoms with Crippen LogP contribution in [0, 0.1) is 5.82 Å². The lowest BCUT2D eigenvalue weighted by atomic mass is 10.2. The molecule has 0 saturated heterocycles. The number of furan rings is 1. The van der Waals surface area contributed by atoms with Crippen molar-refractivity contribution in [1.82, 2.24) is 9.97 Å². The Bertz CT molecular complexity index is 1100. The average Bonchev–Trinajstić information content (AvgIpc) is 3.28. The average molecular weight is 388 g/mol. The zero-order chi connectivity index (χ0) is 20.1. The summed E-state index contributed by atoms with van der Waals surface area (Å²) in [6, 6.07) is 20.1.